The minimum atomic E-state index is -0.738. The van der Waals surface area contributed by atoms with Crippen LogP contribution in [0.1, 0.15) is 33.3 Å². The summed E-state index contributed by atoms with van der Waals surface area (Å²) in [6, 6.07) is 5.05. The number of hydrogen-bond donors (Lipinski definition) is 1. The highest BCUT2D eigenvalue weighted by molar-refractivity contribution is 5.90. The van der Waals surface area contributed by atoms with Crippen molar-refractivity contribution in [2.75, 3.05) is 6.54 Å². The van der Waals surface area contributed by atoms with Crippen LogP contribution in [0, 0.1) is 5.82 Å². The molecule has 21 heavy (non-hydrogen) atoms. The molecule has 0 spiro atoms. The third kappa shape index (κ3) is 5.81. The molecule has 3 amide bonds. The summed E-state index contributed by atoms with van der Waals surface area (Å²) in [4.78, 5) is 25.1. The summed E-state index contributed by atoms with van der Waals surface area (Å²) in [6.45, 7) is 7.32. The molecule has 1 N–H and O–H groups in total. The summed E-state index contributed by atoms with van der Waals surface area (Å²) in [6.07, 6.45) is -0.738. The summed E-state index contributed by atoms with van der Waals surface area (Å²) in [5.74, 6) is -0.374. The van der Waals surface area contributed by atoms with Crippen molar-refractivity contribution in [2.45, 2.75) is 39.8 Å². The first-order chi connectivity index (χ1) is 9.73. The Balaban J connectivity index is 2.89. The lowest BCUT2D eigenvalue weighted by molar-refractivity contribution is 0.0309. The number of rotatable bonds is 3. The van der Waals surface area contributed by atoms with Gasteiger partial charge in [0.15, 0.2) is 0 Å². The molecule has 1 aromatic rings. The molecule has 0 saturated carbocycles. The first-order valence-corrected chi connectivity index (χ1v) is 6.75. The van der Waals surface area contributed by atoms with Crippen LogP contribution in [-0.4, -0.2) is 29.2 Å². The average Bonchev–Trinajstić information content (AvgIpc) is 2.36. The number of benzene rings is 1. The number of amides is 3. The highest BCUT2D eigenvalue weighted by Crippen LogP contribution is 2.13. The van der Waals surface area contributed by atoms with E-state index in [0.717, 1.165) is 4.90 Å². The Morgan fingerprint density at radius 2 is 1.81 bits per heavy atom. The molecule has 1 rings (SSSR count). The van der Waals surface area contributed by atoms with Gasteiger partial charge in [-0.3, -0.25) is 0 Å². The normalized spacial score (nSPS) is 10.9. The number of carbonyl (C=O) groups excluding carboxylic acids is 2. The molecule has 0 aliphatic rings. The van der Waals surface area contributed by atoms with Crippen molar-refractivity contribution in [1.29, 1.82) is 0 Å². The quantitative estimate of drug-likeness (QED) is 0.931. The fraction of sp³-hybridized carbons (Fsp3) is 0.467. The van der Waals surface area contributed by atoms with Crippen molar-refractivity contribution in [3.63, 3.8) is 0 Å². The molecule has 0 fully saturated rings. The van der Waals surface area contributed by atoms with Gasteiger partial charge in [-0.25, -0.2) is 18.9 Å². The van der Waals surface area contributed by atoms with Crippen molar-refractivity contribution in [3.05, 3.63) is 35.6 Å². The zero-order valence-corrected chi connectivity index (χ0v) is 12.8. The Bertz CT molecular complexity index is 495. The molecule has 0 aliphatic heterocycles. The number of nitrogens with zero attached hydrogens (tertiary/aromatic N) is 1. The minimum Gasteiger partial charge on any atom is -0.443 e. The molecular weight excluding hydrogens is 275 g/mol. The van der Waals surface area contributed by atoms with E-state index in [9.17, 15) is 14.0 Å². The lowest BCUT2D eigenvalue weighted by atomic mass is 10.2. The molecule has 1 aromatic carbocycles. The predicted octanol–water partition coefficient (Wildman–Crippen LogP) is 3.29. The fourth-order valence-corrected chi connectivity index (χ4v) is 1.56. The molecule has 0 saturated heterocycles. The van der Waals surface area contributed by atoms with Gasteiger partial charge >= 0.3 is 12.1 Å². The van der Waals surface area contributed by atoms with Crippen LogP contribution in [-0.2, 0) is 11.3 Å². The van der Waals surface area contributed by atoms with E-state index in [1.807, 2.05) is 0 Å². The molecule has 0 atom stereocenters. The fourth-order valence-electron chi connectivity index (χ4n) is 1.56. The zero-order valence-electron chi connectivity index (χ0n) is 12.8. The van der Waals surface area contributed by atoms with Crippen molar-refractivity contribution in [1.82, 2.24) is 10.2 Å². The van der Waals surface area contributed by atoms with E-state index >= 15 is 0 Å². The van der Waals surface area contributed by atoms with E-state index in [2.05, 4.69) is 5.32 Å². The van der Waals surface area contributed by atoms with Crippen molar-refractivity contribution < 1.29 is 18.7 Å². The molecule has 0 heterocycles. The Morgan fingerprint density at radius 3 is 2.29 bits per heavy atom. The molecule has 0 bridgehead atoms. The molecule has 0 aromatic heterocycles. The van der Waals surface area contributed by atoms with Gasteiger partial charge in [0.2, 0.25) is 0 Å². The van der Waals surface area contributed by atoms with Crippen molar-refractivity contribution in [3.8, 4) is 0 Å². The summed E-state index contributed by atoms with van der Waals surface area (Å²) in [5.41, 5.74) is -0.0709. The first kappa shape index (κ1) is 16.9. The molecule has 6 heteroatoms. The summed E-state index contributed by atoms with van der Waals surface area (Å²) in [7, 11) is 0. The van der Waals surface area contributed by atoms with E-state index in [4.69, 9.17) is 4.74 Å². The predicted molar refractivity (Wildman–Crippen MR) is 77.2 cm³/mol. The number of urea groups is 1. The Labute approximate surface area is 124 Å². The molecule has 0 aliphatic carbocycles. The maximum Gasteiger partial charge on any atom is 0.418 e. The number of carbonyl (C=O) groups is 2. The highest BCUT2D eigenvalue weighted by Gasteiger charge is 2.27. The average molecular weight is 296 g/mol. The Kier molecular flexibility index (Phi) is 5.69. The number of imide groups is 1. The summed E-state index contributed by atoms with van der Waals surface area (Å²) in [5, 5.41) is 2.56. The van der Waals surface area contributed by atoms with Crippen LogP contribution in [0.3, 0.4) is 0 Å². The monoisotopic (exact) mass is 296 g/mol. The van der Waals surface area contributed by atoms with E-state index in [1.54, 1.807) is 27.7 Å². The summed E-state index contributed by atoms with van der Waals surface area (Å²) < 4.78 is 18.1. The van der Waals surface area contributed by atoms with E-state index in [0.29, 0.717) is 12.1 Å². The van der Waals surface area contributed by atoms with Gasteiger partial charge in [0.25, 0.3) is 0 Å². The van der Waals surface area contributed by atoms with Crippen molar-refractivity contribution in [2.24, 2.45) is 0 Å². The topological polar surface area (TPSA) is 58.6 Å². The van der Waals surface area contributed by atoms with Crippen LogP contribution in [0.25, 0.3) is 0 Å². The van der Waals surface area contributed by atoms with Crippen LogP contribution >= 0.6 is 0 Å². The second kappa shape index (κ2) is 7.06. The maximum absolute atomic E-state index is 12.9. The van der Waals surface area contributed by atoms with Gasteiger partial charge in [0.05, 0.1) is 6.54 Å². The van der Waals surface area contributed by atoms with Crippen LogP contribution in [0.5, 0.6) is 0 Å². The highest BCUT2D eigenvalue weighted by atomic mass is 19.1. The van der Waals surface area contributed by atoms with E-state index < -0.39 is 17.7 Å². The third-order valence-electron chi connectivity index (χ3n) is 2.44. The molecule has 0 unspecified atom stereocenters. The lowest BCUT2D eigenvalue weighted by Crippen LogP contribution is -2.45. The van der Waals surface area contributed by atoms with Gasteiger partial charge in [0.1, 0.15) is 11.4 Å². The molecule has 5 nitrogen and oxygen atoms in total. The van der Waals surface area contributed by atoms with E-state index in [1.165, 1.54) is 24.3 Å². The van der Waals surface area contributed by atoms with Gasteiger partial charge < -0.3 is 10.1 Å². The zero-order chi connectivity index (χ0) is 16.0. The van der Waals surface area contributed by atoms with Crippen LogP contribution in [0.15, 0.2) is 24.3 Å². The Morgan fingerprint density at radius 1 is 1.24 bits per heavy atom. The molecule has 0 radical (unpaired) electrons. The largest absolute Gasteiger partial charge is 0.443 e. The van der Waals surface area contributed by atoms with Gasteiger partial charge in [-0.15, -0.1) is 0 Å². The van der Waals surface area contributed by atoms with Crippen LogP contribution in [0.2, 0.25) is 0 Å². The van der Waals surface area contributed by atoms with Crippen LogP contribution < -0.4 is 5.32 Å². The van der Waals surface area contributed by atoms with Crippen LogP contribution in [0.4, 0.5) is 14.0 Å². The molecular formula is C15H21FN2O3. The summed E-state index contributed by atoms with van der Waals surface area (Å²) >= 11 is 0. The number of ether oxygens (including phenoxy) is 1. The standard InChI is InChI=1S/C15H21FN2O3/c1-5-17-13(19)18(14(20)21-15(2,3)4)10-11-6-8-12(16)9-7-11/h6-9H,5,10H2,1-4H3,(H,17,19). The second-order valence-electron chi connectivity index (χ2n) is 5.53. The van der Waals surface area contributed by atoms with Gasteiger partial charge in [-0.05, 0) is 45.4 Å². The SMILES string of the molecule is CCNC(=O)N(Cc1ccc(F)cc1)C(=O)OC(C)(C)C. The van der Waals surface area contributed by atoms with Gasteiger partial charge in [-0.2, -0.15) is 0 Å². The number of hydrogen-bond acceptors (Lipinski definition) is 3. The van der Waals surface area contributed by atoms with Crippen molar-refractivity contribution >= 4 is 12.1 Å². The number of nitrogens with one attached hydrogen (secondary N) is 1. The minimum absolute atomic E-state index is 0.0149. The molecule has 116 valence electrons. The second-order valence-corrected chi connectivity index (χ2v) is 5.53. The maximum atomic E-state index is 12.9. The van der Waals surface area contributed by atoms with Gasteiger partial charge in [-0.1, -0.05) is 12.1 Å². The first-order valence-electron chi connectivity index (χ1n) is 6.75. The lowest BCUT2D eigenvalue weighted by Gasteiger charge is -2.26. The van der Waals surface area contributed by atoms with Gasteiger partial charge in [0, 0.05) is 6.54 Å². The van der Waals surface area contributed by atoms with E-state index in [-0.39, 0.29) is 12.4 Å². The Hall–Kier alpha value is -2.11. The third-order valence-corrected chi connectivity index (χ3v) is 2.44. The number of halogens is 1. The smallest absolute Gasteiger partial charge is 0.418 e.